The molecular formula is C15H14N4O3S. The van der Waals surface area contributed by atoms with Gasteiger partial charge in [0.25, 0.3) is 0 Å². The lowest BCUT2D eigenvalue weighted by atomic mass is 10.2. The summed E-state index contributed by atoms with van der Waals surface area (Å²) in [5, 5.41) is 24.9. The molecular weight excluding hydrogens is 316 g/mol. The van der Waals surface area contributed by atoms with E-state index in [0.717, 1.165) is 11.8 Å². The number of H-pyrrole nitrogens is 1. The number of benzene rings is 1. The minimum Gasteiger partial charge on any atom is -0.479 e. The van der Waals surface area contributed by atoms with Gasteiger partial charge in [-0.15, -0.1) is 5.10 Å². The summed E-state index contributed by atoms with van der Waals surface area (Å²) in [5.74, 6) is 0.131. The molecule has 1 aromatic heterocycles. The van der Waals surface area contributed by atoms with Crippen LogP contribution < -0.4 is 4.74 Å². The Bertz CT molecular complexity index is 764. The van der Waals surface area contributed by atoms with E-state index in [4.69, 9.17) is 10.00 Å². The Hall–Kier alpha value is -2.79. The summed E-state index contributed by atoms with van der Waals surface area (Å²) in [6.45, 7) is 1.86. The summed E-state index contributed by atoms with van der Waals surface area (Å²) in [4.78, 5) is 15.7. The number of thioether (sulfide) groups is 1. The lowest BCUT2D eigenvalue weighted by molar-refractivity contribution is -0.131. The number of nitrogens with zero attached hydrogens (tertiary/aromatic N) is 3. The summed E-state index contributed by atoms with van der Waals surface area (Å²) in [5.41, 5.74) is 0.650. The third-order valence-corrected chi connectivity index (χ3v) is 3.59. The third kappa shape index (κ3) is 4.86. The smallest absolute Gasteiger partial charge is 0.342 e. The Kier molecular flexibility index (Phi) is 5.77. The van der Waals surface area contributed by atoms with Crippen molar-refractivity contribution in [1.29, 1.82) is 5.26 Å². The van der Waals surface area contributed by atoms with Crippen LogP contribution in [0.4, 0.5) is 0 Å². The molecule has 0 saturated heterocycles. The topological polar surface area (TPSA) is 112 Å². The molecule has 0 fully saturated rings. The molecule has 23 heavy (non-hydrogen) atoms. The van der Waals surface area contributed by atoms with Crippen molar-refractivity contribution in [2.45, 2.75) is 18.5 Å². The molecule has 0 aliphatic heterocycles. The normalized spacial score (nSPS) is 11.0. The first-order valence-corrected chi connectivity index (χ1v) is 7.58. The van der Waals surface area contributed by atoms with E-state index in [1.807, 2.05) is 13.0 Å². The zero-order valence-corrected chi connectivity index (χ0v) is 13.1. The van der Waals surface area contributed by atoms with Gasteiger partial charge in [0.1, 0.15) is 22.5 Å². The van der Waals surface area contributed by atoms with Crippen LogP contribution in [0.5, 0.6) is 5.75 Å². The van der Waals surface area contributed by atoms with E-state index >= 15 is 0 Å². The molecule has 7 nitrogen and oxygen atoms in total. The highest BCUT2D eigenvalue weighted by Gasteiger charge is 2.13. The lowest BCUT2D eigenvalue weighted by Gasteiger charge is -2.03. The number of nitrogens with one attached hydrogen (secondary N) is 1. The number of carboxylic acid groups (broad SMARTS) is 1. The predicted octanol–water partition coefficient (Wildman–Crippen LogP) is 2.49. The second-order valence-electron chi connectivity index (χ2n) is 4.35. The van der Waals surface area contributed by atoms with Crippen LogP contribution in [-0.2, 0) is 11.2 Å². The number of hydrogen-bond acceptors (Lipinski definition) is 6. The van der Waals surface area contributed by atoms with Gasteiger partial charge in [0.05, 0.1) is 0 Å². The first-order valence-electron chi connectivity index (χ1n) is 6.76. The molecule has 0 aliphatic rings. The van der Waals surface area contributed by atoms with Crippen LogP contribution in [0, 0.1) is 11.3 Å². The minimum atomic E-state index is -1.07. The monoisotopic (exact) mass is 330 g/mol. The van der Waals surface area contributed by atoms with Gasteiger partial charge in [0, 0.05) is 6.42 Å². The van der Waals surface area contributed by atoms with E-state index in [1.165, 1.54) is 6.08 Å². The zero-order valence-electron chi connectivity index (χ0n) is 12.3. The zero-order chi connectivity index (χ0) is 16.7. The molecule has 0 aliphatic carbocycles. The molecule has 0 spiro atoms. The number of carboxylic acids is 1. The van der Waals surface area contributed by atoms with Gasteiger partial charge in [-0.3, -0.25) is 5.10 Å². The number of nitriles is 1. The quantitative estimate of drug-likeness (QED) is 0.592. The molecule has 0 saturated carbocycles. The molecule has 0 unspecified atom stereocenters. The Morgan fingerprint density at radius 1 is 1.57 bits per heavy atom. The van der Waals surface area contributed by atoms with Gasteiger partial charge in [0.2, 0.25) is 5.16 Å². The van der Waals surface area contributed by atoms with E-state index in [-0.39, 0.29) is 11.5 Å². The van der Waals surface area contributed by atoms with Crippen molar-refractivity contribution in [3.63, 3.8) is 0 Å². The highest BCUT2D eigenvalue weighted by Crippen LogP contribution is 2.26. The van der Waals surface area contributed by atoms with Crippen LogP contribution in [0.15, 0.2) is 34.3 Å². The molecule has 8 heteroatoms. The molecule has 2 rings (SSSR count). The SMILES string of the molecule is CCc1nc(S/C(=C\c2cccc(OCC#N)c2)C(=O)O)n[nH]1. The molecule has 1 aromatic carbocycles. The average molecular weight is 330 g/mol. The molecule has 1 heterocycles. The second kappa shape index (κ2) is 8.00. The molecule has 118 valence electrons. The fraction of sp³-hybridized carbons (Fsp3) is 0.200. The Morgan fingerprint density at radius 3 is 3.04 bits per heavy atom. The highest BCUT2D eigenvalue weighted by atomic mass is 32.2. The summed E-state index contributed by atoms with van der Waals surface area (Å²) >= 11 is 0.967. The Morgan fingerprint density at radius 2 is 2.39 bits per heavy atom. The number of rotatable bonds is 7. The van der Waals surface area contributed by atoms with Gasteiger partial charge < -0.3 is 9.84 Å². The standard InChI is InChI=1S/C15H14N4O3S/c1-2-13-17-15(19-18-13)23-12(14(20)21)9-10-4-3-5-11(8-10)22-7-6-16/h3-5,8-9H,2,7H2,1H3,(H,20,21)(H,17,18,19)/b12-9-. The van der Waals surface area contributed by atoms with Crippen LogP contribution in [0.1, 0.15) is 18.3 Å². The van der Waals surface area contributed by atoms with Crippen LogP contribution in [0.2, 0.25) is 0 Å². The van der Waals surface area contributed by atoms with Gasteiger partial charge >= 0.3 is 5.97 Å². The van der Waals surface area contributed by atoms with E-state index in [0.29, 0.717) is 28.7 Å². The molecule has 0 atom stereocenters. The van der Waals surface area contributed by atoms with Crippen LogP contribution in [0.25, 0.3) is 6.08 Å². The van der Waals surface area contributed by atoms with Crippen molar-refractivity contribution < 1.29 is 14.6 Å². The van der Waals surface area contributed by atoms with E-state index in [1.54, 1.807) is 24.3 Å². The number of aryl methyl sites for hydroxylation is 1. The molecule has 0 bridgehead atoms. The van der Waals surface area contributed by atoms with Gasteiger partial charge in [-0.1, -0.05) is 19.1 Å². The Labute approximate surface area is 137 Å². The van der Waals surface area contributed by atoms with Crippen molar-refractivity contribution in [3.05, 3.63) is 40.6 Å². The fourth-order valence-electron chi connectivity index (χ4n) is 1.68. The molecule has 0 amide bonds. The van der Waals surface area contributed by atoms with Crippen LogP contribution in [0.3, 0.4) is 0 Å². The largest absolute Gasteiger partial charge is 0.479 e. The number of ether oxygens (including phenoxy) is 1. The third-order valence-electron chi connectivity index (χ3n) is 2.72. The number of carbonyl (C=O) groups is 1. The van der Waals surface area contributed by atoms with Gasteiger partial charge in [-0.05, 0) is 35.5 Å². The van der Waals surface area contributed by atoms with Crippen molar-refractivity contribution in [1.82, 2.24) is 15.2 Å². The van der Waals surface area contributed by atoms with Crippen molar-refractivity contribution >= 4 is 23.8 Å². The van der Waals surface area contributed by atoms with E-state index < -0.39 is 5.97 Å². The number of aliphatic carboxylic acids is 1. The van der Waals surface area contributed by atoms with Crippen LogP contribution in [-0.4, -0.2) is 32.9 Å². The minimum absolute atomic E-state index is 0.0648. The summed E-state index contributed by atoms with van der Waals surface area (Å²) < 4.78 is 5.20. The first-order chi connectivity index (χ1) is 11.1. The molecule has 2 N–H and O–H groups in total. The Balaban J connectivity index is 2.21. The summed E-state index contributed by atoms with van der Waals surface area (Å²) in [7, 11) is 0. The molecule has 0 radical (unpaired) electrons. The van der Waals surface area contributed by atoms with Crippen LogP contribution >= 0.6 is 11.8 Å². The molecule has 2 aromatic rings. The summed E-state index contributed by atoms with van der Waals surface area (Å²) in [6.07, 6.45) is 2.20. The number of hydrogen-bond donors (Lipinski definition) is 2. The maximum atomic E-state index is 11.4. The lowest BCUT2D eigenvalue weighted by Crippen LogP contribution is -1.98. The number of aromatic nitrogens is 3. The van der Waals surface area contributed by atoms with Crippen molar-refractivity contribution in [2.75, 3.05) is 6.61 Å². The van der Waals surface area contributed by atoms with E-state index in [2.05, 4.69) is 15.2 Å². The van der Waals surface area contributed by atoms with Gasteiger partial charge in [-0.25, -0.2) is 9.78 Å². The first kappa shape index (κ1) is 16.6. The van der Waals surface area contributed by atoms with Gasteiger partial charge in [-0.2, -0.15) is 5.26 Å². The number of aromatic amines is 1. The fourth-order valence-corrected chi connectivity index (χ4v) is 2.40. The van der Waals surface area contributed by atoms with E-state index in [9.17, 15) is 9.90 Å². The van der Waals surface area contributed by atoms with Crippen molar-refractivity contribution in [3.8, 4) is 11.8 Å². The second-order valence-corrected chi connectivity index (χ2v) is 5.36. The van der Waals surface area contributed by atoms with Gasteiger partial charge in [0.15, 0.2) is 6.61 Å². The average Bonchev–Trinajstić information content (AvgIpc) is 3.00. The summed E-state index contributed by atoms with van der Waals surface area (Å²) in [6, 6.07) is 8.72. The highest BCUT2D eigenvalue weighted by molar-refractivity contribution is 8.04. The maximum absolute atomic E-state index is 11.4. The maximum Gasteiger partial charge on any atom is 0.342 e. The van der Waals surface area contributed by atoms with Crippen molar-refractivity contribution in [2.24, 2.45) is 0 Å². The predicted molar refractivity (Wildman–Crippen MR) is 84.8 cm³/mol.